The van der Waals surface area contributed by atoms with Gasteiger partial charge in [0, 0.05) is 18.2 Å². The predicted octanol–water partition coefficient (Wildman–Crippen LogP) is 4.08. The summed E-state index contributed by atoms with van der Waals surface area (Å²) in [5, 5.41) is 14.1. The summed E-state index contributed by atoms with van der Waals surface area (Å²) < 4.78 is 10.2. The predicted molar refractivity (Wildman–Crippen MR) is 109 cm³/mol. The minimum absolute atomic E-state index is 0.124. The van der Waals surface area contributed by atoms with Crippen molar-refractivity contribution >= 4 is 28.3 Å². The van der Waals surface area contributed by atoms with Crippen LogP contribution >= 0.6 is 0 Å². The number of aromatic nitrogens is 2. The summed E-state index contributed by atoms with van der Waals surface area (Å²) in [6, 6.07) is 7.72. The SMILES string of the molecule is CCCCc1nc2ccc(NC(=O)c3cc(OC)c(OC)cc3[N+](=O)[O-])cc2[nH]1. The Morgan fingerprint density at radius 3 is 2.59 bits per heavy atom. The first kappa shape index (κ1) is 20.1. The van der Waals surface area contributed by atoms with Gasteiger partial charge in [0.25, 0.3) is 11.6 Å². The summed E-state index contributed by atoms with van der Waals surface area (Å²) in [6.07, 6.45) is 2.96. The molecule has 0 unspecified atom stereocenters. The lowest BCUT2D eigenvalue weighted by Gasteiger charge is -2.11. The number of fused-ring (bicyclic) bond motifs is 1. The van der Waals surface area contributed by atoms with E-state index in [1.165, 1.54) is 26.4 Å². The smallest absolute Gasteiger partial charge is 0.286 e. The lowest BCUT2D eigenvalue weighted by atomic mass is 10.1. The second-order valence-corrected chi connectivity index (χ2v) is 6.45. The summed E-state index contributed by atoms with van der Waals surface area (Å²) in [6.45, 7) is 2.11. The fourth-order valence-corrected chi connectivity index (χ4v) is 3.00. The molecule has 9 heteroatoms. The van der Waals surface area contributed by atoms with Gasteiger partial charge < -0.3 is 19.8 Å². The zero-order valence-electron chi connectivity index (χ0n) is 16.4. The van der Waals surface area contributed by atoms with Crippen LogP contribution in [0.15, 0.2) is 30.3 Å². The molecule has 1 heterocycles. The Bertz CT molecular complexity index is 1060. The van der Waals surface area contributed by atoms with Crippen LogP contribution in [-0.4, -0.2) is 35.0 Å². The van der Waals surface area contributed by atoms with E-state index >= 15 is 0 Å². The van der Waals surface area contributed by atoms with Crippen LogP contribution in [0, 0.1) is 10.1 Å². The number of imidazole rings is 1. The van der Waals surface area contributed by atoms with Crippen molar-refractivity contribution in [3.8, 4) is 11.5 Å². The number of nitrogens with zero attached hydrogens (tertiary/aromatic N) is 2. The number of hydrogen-bond acceptors (Lipinski definition) is 6. The number of nitrogens with one attached hydrogen (secondary N) is 2. The third-order valence-corrected chi connectivity index (χ3v) is 4.50. The van der Waals surface area contributed by atoms with Gasteiger partial charge in [0.05, 0.1) is 36.2 Å². The van der Waals surface area contributed by atoms with Gasteiger partial charge in [0.15, 0.2) is 11.5 Å². The molecule has 0 aliphatic heterocycles. The molecule has 1 aromatic heterocycles. The van der Waals surface area contributed by atoms with Gasteiger partial charge in [-0.2, -0.15) is 0 Å². The molecular formula is C20H22N4O5. The van der Waals surface area contributed by atoms with Crippen molar-refractivity contribution in [1.29, 1.82) is 0 Å². The molecule has 0 saturated carbocycles. The molecule has 3 rings (SSSR count). The van der Waals surface area contributed by atoms with Gasteiger partial charge in [0.1, 0.15) is 11.4 Å². The number of amides is 1. The molecule has 0 atom stereocenters. The maximum Gasteiger partial charge on any atom is 0.286 e. The molecule has 0 radical (unpaired) electrons. The van der Waals surface area contributed by atoms with Crippen LogP contribution in [0.3, 0.4) is 0 Å². The highest BCUT2D eigenvalue weighted by atomic mass is 16.6. The highest BCUT2D eigenvalue weighted by Crippen LogP contribution is 2.35. The number of unbranched alkanes of at least 4 members (excludes halogenated alkanes) is 1. The normalized spacial score (nSPS) is 10.7. The summed E-state index contributed by atoms with van der Waals surface area (Å²) in [5.74, 6) is 0.672. The monoisotopic (exact) mass is 398 g/mol. The maximum absolute atomic E-state index is 12.8. The molecule has 0 spiro atoms. The van der Waals surface area contributed by atoms with Crippen LogP contribution in [0.2, 0.25) is 0 Å². The van der Waals surface area contributed by atoms with E-state index < -0.39 is 10.8 Å². The summed E-state index contributed by atoms with van der Waals surface area (Å²) >= 11 is 0. The van der Waals surface area contributed by atoms with Crippen LogP contribution in [0.5, 0.6) is 11.5 Å². The highest BCUT2D eigenvalue weighted by molar-refractivity contribution is 6.08. The molecule has 29 heavy (non-hydrogen) atoms. The number of rotatable bonds is 8. The second kappa shape index (κ2) is 8.59. The van der Waals surface area contributed by atoms with E-state index in [0.29, 0.717) is 5.69 Å². The van der Waals surface area contributed by atoms with E-state index in [4.69, 9.17) is 9.47 Å². The van der Waals surface area contributed by atoms with Crippen LogP contribution in [0.4, 0.5) is 11.4 Å². The Morgan fingerprint density at radius 2 is 1.93 bits per heavy atom. The van der Waals surface area contributed by atoms with Gasteiger partial charge in [-0.1, -0.05) is 13.3 Å². The molecule has 3 aromatic rings. The van der Waals surface area contributed by atoms with Crippen LogP contribution in [0.1, 0.15) is 35.9 Å². The second-order valence-electron chi connectivity index (χ2n) is 6.45. The quantitative estimate of drug-likeness (QED) is 0.436. The minimum Gasteiger partial charge on any atom is -0.493 e. The fourth-order valence-electron chi connectivity index (χ4n) is 3.00. The third-order valence-electron chi connectivity index (χ3n) is 4.50. The summed E-state index contributed by atoms with van der Waals surface area (Å²) in [4.78, 5) is 31.3. The minimum atomic E-state index is -0.630. The number of benzene rings is 2. The van der Waals surface area contributed by atoms with Crippen molar-refractivity contribution in [2.24, 2.45) is 0 Å². The van der Waals surface area contributed by atoms with Gasteiger partial charge in [0.2, 0.25) is 0 Å². The zero-order chi connectivity index (χ0) is 21.0. The molecule has 2 aromatic carbocycles. The average molecular weight is 398 g/mol. The topological polar surface area (TPSA) is 119 Å². The van der Waals surface area contributed by atoms with Crippen molar-refractivity contribution in [3.63, 3.8) is 0 Å². The number of aryl methyl sites for hydroxylation is 1. The number of ether oxygens (including phenoxy) is 2. The van der Waals surface area contributed by atoms with E-state index in [0.717, 1.165) is 36.1 Å². The molecule has 0 saturated heterocycles. The Kier molecular flexibility index (Phi) is 5.96. The first-order chi connectivity index (χ1) is 14.0. The van der Waals surface area contributed by atoms with E-state index in [1.807, 2.05) is 0 Å². The largest absolute Gasteiger partial charge is 0.493 e. The lowest BCUT2D eigenvalue weighted by Crippen LogP contribution is -2.14. The van der Waals surface area contributed by atoms with Gasteiger partial charge in [-0.05, 0) is 24.6 Å². The van der Waals surface area contributed by atoms with Gasteiger partial charge in [-0.25, -0.2) is 4.98 Å². The number of carbonyl (C=O) groups excluding carboxylic acids is 1. The van der Waals surface area contributed by atoms with E-state index in [1.54, 1.807) is 18.2 Å². The molecule has 0 bridgehead atoms. The van der Waals surface area contributed by atoms with Crippen molar-refractivity contribution in [3.05, 3.63) is 51.8 Å². The standard InChI is InChI=1S/C20H22N4O5/c1-4-5-6-19-22-14-8-7-12(9-15(14)23-19)21-20(25)13-10-17(28-2)18(29-3)11-16(13)24(26)27/h7-11H,4-6H2,1-3H3,(H,21,25)(H,22,23). The Balaban J connectivity index is 1.90. The Labute approximate surface area is 167 Å². The average Bonchev–Trinajstić information content (AvgIpc) is 3.13. The number of methoxy groups -OCH3 is 2. The molecule has 0 aliphatic rings. The van der Waals surface area contributed by atoms with E-state index in [9.17, 15) is 14.9 Å². The number of hydrogen-bond donors (Lipinski definition) is 2. The van der Waals surface area contributed by atoms with Crippen LogP contribution in [-0.2, 0) is 6.42 Å². The lowest BCUT2D eigenvalue weighted by molar-refractivity contribution is -0.385. The van der Waals surface area contributed by atoms with Crippen molar-refractivity contribution < 1.29 is 19.2 Å². The van der Waals surface area contributed by atoms with Crippen LogP contribution in [0.25, 0.3) is 11.0 Å². The zero-order valence-corrected chi connectivity index (χ0v) is 16.4. The van der Waals surface area contributed by atoms with E-state index in [-0.39, 0.29) is 22.7 Å². The number of H-pyrrole nitrogens is 1. The Morgan fingerprint density at radius 1 is 1.21 bits per heavy atom. The summed E-state index contributed by atoms with van der Waals surface area (Å²) in [5.41, 5.74) is 1.59. The molecule has 1 amide bonds. The van der Waals surface area contributed by atoms with Gasteiger partial charge >= 0.3 is 0 Å². The number of nitro benzene ring substituents is 1. The number of anilines is 1. The first-order valence-corrected chi connectivity index (χ1v) is 9.17. The Hall–Kier alpha value is -3.62. The molecule has 2 N–H and O–H groups in total. The number of carbonyl (C=O) groups is 1. The highest BCUT2D eigenvalue weighted by Gasteiger charge is 2.24. The van der Waals surface area contributed by atoms with Gasteiger partial charge in [-0.15, -0.1) is 0 Å². The molecule has 152 valence electrons. The van der Waals surface area contributed by atoms with Crippen molar-refractivity contribution in [2.45, 2.75) is 26.2 Å². The first-order valence-electron chi connectivity index (χ1n) is 9.17. The maximum atomic E-state index is 12.8. The number of nitro groups is 1. The van der Waals surface area contributed by atoms with Gasteiger partial charge in [-0.3, -0.25) is 14.9 Å². The van der Waals surface area contributed by atoms with E-state index in [2.05, 4.69) is 22.2 Å². The number of aromatic amines is 1. The summed E-state index contributed by atoms with van der Waals surface area (Å²) in [7, 11) is 2.77. The molecule has 0 fully saturated rings. The third kappa shape index (κ3) is 4.29. The van der Waals surface area contributed by atoms with Crippen molar-refractivity contribution in [1.82, 2.24) is 9.97 Å². The molecular weight excluding hydrogens is 376 g/mol. The van der Waals surface area contributed by atoms with Crippen molar-refractivity contribution in [2.75, 3.05) is 19.5 Å². The molecule has 9 nitrogen and oxygen atoms in total. The fraction of sp³-hybridized carbons (Fsp3) is 0.300. The molecule has 0 aliphatic carbocycles. The van der Waals surface area contributed by atoms with Crippen LogP contribution < -0.4 is 14.8 Å².